The molecular formula is C14H21ClN2O5. The Morgan fingerprint density at radius 1 is 1.23 bits per heavy atom. The quantitative estimate of drug-likeness (QED) is 0.380. The first-order valence-electron chi connectivity index (χ1n) is 7.05. The fraction of sp³-hybridized carbons (Fsp3) is 0.571. The van der Waals surface area contributed by atoms with E-state index >= 15 is 0 Å². The van der Waals surface area contributed by atoms with E-state index in [9.17, 15) is 25.4 Å². The highest BCUT2D eigenvalue weighted by atomic mass is 35.5. The molecule has 2 atom stereocenters. The summed E-state index contributed by atoms with van der Waals surface area (Å²) in [5, 5.41) is 40.2. The van der Waals surface area contributed by atoms with E-state index in [0.29, 0.717) is 0 Å². The molecule has 1 aromatic rings. The number of rotatable bonds is 4. The van der Waals surface area contributed by atoms with Crippen molar-refractivity contribution in [2.45, 2.75) is 44.2 Å². The predicted molar refractivity (Wildman–Crippen MR) is 83.2 cm³/mol. The molecule has 8 heteroatoms. The first-order chi connectivity index (χ1) is 9.91. The zero-order valence-corrected chi connectivity index (χ0v) is 12.8. The Morgan fingerprint density at radius 3 is 2.36 bits per heavy atom. The van der Waals surface area contributed by atoms with Crippen molar-refractivity contribution < 1.29 is 20.2 Å². The average molecular weight is 333 g/mol. The van der Waals surface area contributed by atoms with Crippen LogP contribution in [0.5, 0.6) is 11.5 Å². The SMILES string of the molecule is Cl.N[C@H](c1cc(O)c(O)c([N+](=O)[O-])c1)[C@@H](O)C1CCCCC1. The smallest absolute Gasteiger partial charge is 0.314 e. The van der Waals surface area contributed by atoms with Crippen LogP contribution in [0.1, 0.15) is 43.7 Å². The van der Waals surface area contributed by atoms with E-state index < -0.39 is 34.3 Å². The van der Waals surface area contributed by atoms with Crippen LogP contribution < -0.4 is 5.73 Å². The summed E-state index contributed by atoms with van der Waals surface area (Å²) in [5.41, 5.74) is 5.62. The van der Waals surface area contributed by atoms with Gasteiger partial charge in [-0.05, 0) is 30.4 Å². The van der Waals surface area contributed by atoms with E-state index in [0.717, 1.165) is 38.2 Å². The van der Waals surface area contributed by atoms with Crippen LogP contribution in [-0.2, 0) is 0 Å². The lowest BCUT2D eigenvalue weighted by molar-refractivity contribution is -0.386. The molecule has 1 aliphatic carbocycles. The lowest BCUT2D eigenvalue weighted by atomic mass is 9.81. The number of nitro benzene ring substituents is 1. The van der Waals surface area contributed by atoms with Crippen LogP contribution in [0.3, 0.4) is 0 Å². The molecular weight excluding hydrogens is 312 g/mol. The fourth-order valence-corrected chi connectivity index (χ4v) is 2.92. The highest BCUT2D eigenvalue weighted by molar-refractivity contribution is 5.85. The molecule has 124 valence electrons. The lowest BCUT2D eigenvalue weighted by Gasteiger charge is -2.30. The van der Waals surface area contributed by atoms with Crippen LogP contribution >= 0.6 is 12.4 Å². The number of hydrogen-bond donors (Lipinski definition) is 4. The van der Waals surface area contributed by atoms with E-state index in [1.165, 1.54) is 6.07 Å². The zero-order valence-electron chi connectivity index (χ0n) is 12.0. The van der Waals surface area contributed by atoms with Crippen LogP contribution in [0.25, 0.3) is 0 Å². The molecule has 0 bridgehead atoms. The fourth-order valence-electron chi connectivity index (χ4n) is 2.92. The topological polar surface area (TPSA) is 130 Å². The molecule has 1 fully saturated rings. The molecule has 2 rings (SSSR count). The Morgan fingerprint density at radius 2 is 1.82 bits per heavy atom. The molecule has 7 nitrogen and oxygen atoms in total. The molecule has 0 radical (unpaired) electrons. The molecule has 0 aromatic heterocycles. The van der Waals surface area contributed by atoms with Crippen molar-refractivity contribution in [2.24, 2.45) is 11.7 Å². The van der Waals surface area contributed by atoms with Crippen molar-refractivity contribution in [2.75, 3.05) is 0 Å². The summed E-state index contributed by atoms with van der Waals surface area (Å²) >= 11 is 0. The number of nitrogens with zero attached hydrogens (tertiary/aromatic N) is 1. The Labute approximate surface area is 134 Å². The molecule has 1 saturated carbocycles. The van der Waals surface area contributed by atoms with Crippen LogP contribution in [0.15, 0.2) is 12.1 Å². The van der Waals surface area contributed by atoms with Crippen LogP contribution in [-0.4, -0.2) is 26.3 Å². The first kappa shape index (κ1) is 18.5. The minimum absolute atomic E-state index is 0. The molecule has 0 amide bonds. The number of phenols is 2. The van der Waals surface area contributed by atoms with Gasteiger partial charge in [0.25, 0.3) is 0 Å². The van der Waals surface area contributed by atoms with Gasteiger partial charge in [0.15, 0.2) is 5.75 Å². The van der Waals surface area contributed by atoms with Crippen LogP contribution in [0, 0.1) is 16.0 Å². The average Bonchev–Trinajstić information content (AvgIpc) is 2.49. The molecule has 0 heterocycles. The van der Waals surface area contributed by atoms with Gasteiger partial charge in [0.1, 0.15) is 0 Å². The van der Waals surface area contributed by atoms with Gasteiger partial charge in [-0.3, -0.25) is 10.1 Å². The number of aliphatic hydroxyl groups excluding tert-OH is 1. The van der Waals surface area contributed by atoms with E-state index in [-0.39, 0.29) is 23.9 Å². The van der Waals surface area contributed by atoms with Crippen LogP contribution in [0.4, 0.5) is 5.69 Å². The first-order valence-corrected chi connectivity index (χ1v) is 7.05. The molecule has 0 aliphatic heterocycles. The highest BCUT2D eigenvalue weighted by Gasteiger charge is 2.30. The van der Waals surface area contributed by atoms with Gasteiger partial charge in [0.05, 0.1) is 17.1 Å². The standard InChI is InChI=1S/C14H20N2O5.ClH/c15-12(13(18)8-4-2-1-3-5-8)9-6-10(16(20)21)14(19)11(17)7-9;/h6-8,12-13,17-19H,1-5,15H2;1H/t12-,13+;/m1./s1. The summed E-state index contributed by atoms with van der Waals surface area (Å²) in [5.74, 6) is -1.34. The second-order valence-corrected chi connectivity index (χ2v) is 5.58. The maximum absolute atomic E-state index is 10.9. The zero-order chi connectivity index (χ0) is 15.6. The van der Waals surface area contributed by atoms with Crippen molar-refractivity contribution in [1.29, 1.82) is 0 Å². The largest absolute Gasteiger partial charge is 0.504 e. The second kappa shape index (κ2) is 7.62. The summed E-state index contributed by atoms with van der Waals surface area (Å²) in [4.78, 5) is 10.1. The summed E-state index contributed by atoms with van der Waals surface area (Å²) in [7, 11) is 0. The van der Waals surface area contributed by atoms with E-state index in [2.05, 4.69) is 0 Å². The van der Waals surface area contributed by atoms with Gasteiger partial charge in [0.2, 0.25) is 5.75 Å². The Bertz CT molecular complexity index is 534. The number of hydrogen-bond acceptors (Lipinski definition) is 6. The Balaban J connectivity index is 0.00000242. The summed E-state index contributed by atoms with van der Waals surface area (Å²) in [6, 6.07) is 1.43. The number of benzene rings is 1. The van der Waals surface area contributed by atoms with Crippen molar-refractivity contribution >= 4 is 18.1 Å². The van der Waals surface area contributed by atoms with Crippen molar-refractivity contribution in [3.63, 3.8) is 0 Å². The maximum atomic E-state index is 10.9. The van der Waals surface area contributed by atoms with Crippen molar-refractivity contribution in [3.05, 3.63) is 27.8 Å². The molecule has 5 N–H and O–H groups in total. The predicted octanol–water partition coefficient (Wildman–Crippen LogP) is 2.37. The monoisotopic (exact) mass is 332 g/mol. The summed E-state index contributed by atoms with van der Waals surface area (Å²) < 4.78 is 0. The maximum Gasteiger partial charge on any atom is 0.314 e. The van der Waals surface area contributed by atoms with E-state index in [4.69, 9.17) is 5.73 Å². The second-order valence-electron chi connectivity index (χ2n) is 5.58. The van der Waals surface area contributed by atoms with Gasteiger partial charge in [0, 0.05) is 6.07 Å². The third kappa shape index (κ3) is 3.79. The van der Waals surface area contributed by atoms with Gasteiger partial charge in [-0.2, -0.15) is 0 Å². The Hall–Kier alpha value is -1.57. The van der Waals surface area contributed by atoms with Gasteiger partial charge >= 0.3 is 5.69 Å². The third-order valence-electron chi connectivity index (χ3n) is 4.17. The number of phenolic OH excluding ortho intramolecular Hbond substituents is 2. The summed E-state index contributed by atoms with van der Waals surface area (Å²) in [6.45, 7) is 0. The number of nitrogens with two attached hydrogens (primary N) is 1. The van der Waals surface area contributed by atoms with Gasteiger partial charge < -0.3 is 21.1 Å². The van der Waals surface area contributed by atoms with E-state index in [1.54, 1.807) is 0 Å². The minimum atomic E-state index is -0.835. The lowest BCUT2D eigenvalue weighted by Crippen LogP contribution is -2.34. The highest BCUT2D eigenvalue weighted by Crippen LogP contribution is 2.39. The summed E-state index contributed by atoms with van der Waals surface area (Å²) in [6.07, 6.45) is 4.14. The molecule has 0 unspecified atom stereocenters. The van der Waals surface area contributed by atoms with Gasteiger partial charge in [-0.15, -0.1) is 12.4 Å². The number of halogens is 1. The minimum Gasteiger partial charge on any atom is -0.504 e. The van der Waals surface area contributed by atoms with Crippen LogP contribution in [0.2, 0.25) is 0 Å². The number of aliphatic hydroxyl groups is 1. The molecule has 0 spiro atoms. The normalized spacial score (nSPS) is 18.3. The van der Waals surface area contributed by atoms with Gasteiger partial charge in [-0.25, -0.2) is 0 Å². The molecule has 0 saturated heterocycles. The van der Waals surface area contributed by atoms with E-state index in [1.807, 2.05) is 0 Å². The number of nitro groups is 1. The van der Waals surface area contributed by atoms with Crippen molar-refractivity contribution in [3.8, 4) is 11.5 Å². The van der Waals surface area contributed by atoms with Gasteiger partial charge in [-0.1, -0.05) is 19.3 Å². The van der Waals surface area contributed by atoms with Crippen molar-refractivity contribution in [1.82, 2.24) is 0 Å². The molecule has 1 aliphatic rings. The molecule has 1 aromatic carbocycles. The Kier molecular flexibility index (Phi) is 6.40. The molecule has 22 heavy (non-hydrogen) atoms. The third-order valence-corrected chi connectivity index (χ3v) is 4.17. The number of aromatic hydroxyl groups is 2.